The Morgan fingerprint density at radius 1 is 1.19 bits per heavy atom. The summed E-state index contributed by atoms with van der Waals surface area (Å²) in [6, 6.07) is 9.89. The zero-order chi connectivity index (χ0) is 18.4. The van der Waals surface area contributed by atoms with Gasteiger partial charge in [-0.25, -0.2) is 4.98 Å². The summed E-state index contributed by atoms with van der Waals surface area (Å²) in [5, 5.41) is 3.87. The fourth-order valence-corrected chi connectivity index (χ4v) is 3.68. The van der Waals surface area contributed by atoms with E-state index in [1.54, 1.807) is 6.20 Å². The molecule has 0 bridgehead atoms. The standard InChI is InChI=1S/C19H27N5OS/c1-22-11-13-23(14-12-22)10-6-9-20-18(25)17-15-21-19(26-2)24(17)16-7-4-3-5-8-16/h3-5,7-8,15H,6,9-14H2,1-2H3,(H,20,25). The summed E-state index contributed by atoms with van der Waals surface area (Å²) >= 11 is 1.54. The van der Waals surface area contributed by atoms with Crippen LogP contribution in [0.1, 0.15) is 16.9 Å². The molecule has 7 heteroatoms. The number of nitrogens with one attached hydrogen (secondary N) is 1. The summed E-state index contributed by atoms with van der Waals surface area (Å²) in [5.74, 6) is -0.0694. The van der Waals surface area contributed by atoms with E-state index in [4.69, 9.17) is 0 Å². The zero-order valence-electron chi connectivity index (χ0n) is 15.5. The molecule has 2 aromatic rings. The molecule has 1 fully saturated rings. The van der Waals surface area contributed by atoms with Crippen molar-refractivity contribution < 1.29 is 4.79 Å². The number of likely N-dealkylation sites (N-methyl/N-ethyl adjacent to an activating group) is 1. The number of hydrogen-bond donors (Lipinski definition) is 1. The van der Waals surface area contributed by atoms with Crippen LogP contribution in [0.25, 0.3) is 5.69 Å². The number of hydrogen-bond acceptors (Lipinski definition) is 5. The quantitative estimate of drug-likeness (QED) is 0.594. The monoisotopic (exact) mass is 373 g/mol. The number of para-hydroxylation sites is 1. The number of imidazole rings is 1. The summed E-state index contributed by atoms with van der Waals surface area (Å²) in [4.78, 5) is 21.9. The van der Waals surface area contributed by atoms with Crippen LogP contribution in [0.3, 0.4) is 0 Å². The van der Waals surface area contributed by atoms with Crippen LogP contribution in [0.2, 0.25) is 0 Å². The summed E-state index contributed by atoms with van der Waals surface area (Å²) in [5.41, 5.74) is 1.54. The second kappa shape index (κ2) is 9.21. The number of piperazine rings is 1. The van der Waals surface area contributed by atoms with E-state index in [2.05, 4.69) is 27.1 Å². The van der Waals surface area contributed by atoms with Gasteiger partial charge in [-0.1, -0.05) is 30.0 Å². The minimum atomic E-state index is -0.0694. The Morgan fingerprint density at radius 3 is 2.62 bits per heavy atom. The Bertz CT molecular complexity index is 710. The smallest absolute Gasteiger partial charge is 0.269 e. The molecule has 1 aromatic heterocycles. The molecule has 0 radical (unpaired) electrons. The van der Waals surface area contributed by atoms with E-state index in [0.29, 0.717) is 12.2 Å². The van der Waals surface area contributed by atoms with Gasteiger partial charge in [0, 0.05) is 38.4 Å². The average molecular weight is 374 g/mol. The molecule has 0 saturated carbocycles. The van der Waals surface area contributed by atoms with Crippen LogP contribution in [0.15, 0.2) is 41.7 Å². The van der Waals surface area contributed by atoms with Crippen LogP contribution >= 0.6 is 11.8 Å². The van der Waals surface area contributed by atoms with Crippen molar-refractivity contribution in [2.75, 3.05) is 52.6 Å². The van der Waals surface area contributed by atoms with Gasteiger partial charge < -0.3 is 15.1 Å². The Kier molecular flexibility index (Phi) is 6.71. The first-order valence-corrected chi connectivity index (χ1v) is 10.3. The molecule has 3 rings (SSSR count). The third-order valence-corrected chi connectivity index (χ3v) is 5.34. The van der Waals surface area contributed by atoms with Gasteiger partial charge in [-0.15, -0.1) is 0 Å². The molecule has 0 aliphatic carbocycles. The normalized spacial score (nSPS) is 15.9. The van der Waals surface area contributed by atoms with Crippen LogP contribution < -0.4 is 5.32 Å². The van der Waals surface area contributed by atoms with Crippen LogP contribution in [0.5, 0.6) is 0 Å². The topological polar surface area (TPSA) is 53.4 Å². The first-order valence-electron chi connectivity index (χ1n) is 9.05. The number of carbonyl (C=O) groups is 1. The Balaban J connectivity index is 1.56. The number of rotatable bonds is 7. The predicted octanol–water partition coefficient (Wildman–Crippen LogP) is 1.96. The summed E-state index contributed by atoms with van der Waals surface area (Å²) in [6.45, 7) is 6.19. The van der Waals surface area contributed by atoms with Gasteiger partial charge in [0.1, 0.15) is 5.69 Å². The molecule has 1 aliphatic heterocycles. The third-order valence-electron chi connectivity index (χ3n) is 4.69. The molecule has 0 unspecified atom stereocenters. The van der Waals surface area contributed by atoms with Crippen LogP contribution in [0.4, 0.5) is 0 Å². The van der Waals surface area contributed by atoms with Gasteiger partial charge in [-0.3, -0.25) is 9.36 Å². The molecule has 2 heterocycles. The SMILES string of the molecule is CSc1ncc(C(=O)NCCCN2CCN(C)CC2)n1-c1ccccc1. The van der Waals surface area contributed by atoms with E-state index in [0.717, 1.165) is 50.0 Å². The van der Waals surface area contributed by atoms with Gasteiger partial charge in [-0.05, 0) is 38.4 Å². The molecular weight excluding hydrogens is 346 g/mol. The lowest BCUT2D eigenvalue weighted by molar-refractivity contribution is 0.0942. The highest BCUT2D eigenvalue weighted by atomic mass is 32.2. The van der Waals surface area contributed by atoms with Gasteiger partial charge in [0.25, 0.3) is 5.91 Å². The average Bonchev–Trinajstić information content (AvgIpc) is 3.11. The number of amides is 1. The minimum absolute atomic E-state index is 0.0694. The van der Waals surface area contributed by atoms with Crippen LogP contribution in [0, 0.1) is 0 Å². The van der Waals surface area contributed by atoms with Gasteiger partial charge in [0.05, 0.1) is 6.20 Å². The van der Waals surface area contributed by atoms with E-state index < -0.39 is 0 Å². The molecule has 1 aromatic carbocycles. The third kappa shape index (κ3) is 4.66. The zero-order valence-corrected chi connectivity index (χ0v) is 16.3. The number of nitrogens with zero attached hydrogens (tertiary/aromatic N) is 4. The maximum atomic E-state index is 12.7. The molecule has 140 valence electrons. The molecule has 1 saturated heterocycles. The second-order valence-electron chi connectivity index (χ2n) is 6.56. The molecular formula is C19H27N5OS. The molecule has 1 N–H and O–H groups in total. The minimum Gasteiger partial charge on any atom is -0.351 e. The van der Waals surface area contributed by atoms with Gasteiger partial charge in [0.2, 0.25) is 0 Å². The molecule has 26 heavy (non-hydrogen) atoms. The number of aromatic nitrogens is 2. The molecule has 0 spiro atoms. The number of thioether (sulfide) groups is 1. The van der Waals surface area contributed by atoms with E-state index in [1.807, 2.05) is 41.2 Å². The first-order chi connectivity index (χ1) is 12.7. The molecule has 6 nitrogen and oxygen atoms in total. The Hall–Kier alpha value is -1.83. The lowest BCUT2D eigenvalue weighted by atomic mass is 10.3. The lowest BCUT2D eigenvalue weighted by Crippen LogP contribution is -2.45. The maximum absolute atomic E-state index is 12.7. The van der Waals surface area contributed by atoms with Crippen molar-refractivity contribution >= 4 is 17.7 Å². The summed E-state index contributed by atoms with van der Waals surface area (Å²) < 4.78 is 1.92. The number of benzene rings is 1. The van der Waals surface area contributed by atoms with Crippen LogP contribution in [-0.2, 0) is 0 Å². The van der Waals surface area contributed by atoms with Crippen molar-refractivity contribution in [3.05, 3.63) is 42.2 Å². The predicted molar refractivity (Wildman–Crippen MR) is 106 cm³/mol. The Labute approximate surface area is 159 Å². The van der Waals surface area contributed by atoms with Crippen molar-refractivity contribution in [1.29, 1.82) is 0 Å². The van der Waals surface area contributed by atoms with Crippen molar-refractivity contribution in [2.24, 2.45) is 0 Å². The molecule has 1 aliphatic rings. The highest BCUT2D eigenvalue weighted by Crippen LogP contribution is 2.21. The van der Waals surface area contributed by atoms with Crippen LogP contribution in [-0.4, -0.2) is 77.8 Å². The van der Waals surface area contributed by atoms with Crippen molar-refractivity contribution in [3.8, 4) is 5.69 Å². The van der Waals surface area contributed by atoms with Crippen molar-refractivity contribution in [2.45, 2.75) is 11.6 Å². The molecule has 1 amide bonds. The number of carbonyl (C=O) groups excluding carboxylic acids is 1. The fourth-order valence-electron chi connectivity index (χ4n) is 3.13. The van der Waals surface area contributed by atoms with Crippen molar-refractivity contribution in [3.63, 3.8) is 0 Å². The van der Waals surface area contributed by atoms with Gasteiger partial charge in [-0.2, -0.15) is 0 Å². The van der Waals surface area contributed by atoms with Gasteiger partial charge >= 0.3 is 0 Å². The summed E-state index contributed by atoms with van der Waals surface area (Å²) in [7, 11) is 2.16. The lowest BCUT2D eigenvalue weighted by Gasteiger charge is -2.32. The molecule has 0 atom stereocenters. The highest BCUT2D eigenvalue weighted by molar-refractivity contribution is 7.98. The second-order valence-corrected chi connectivity index (χ2v) is 7.33. The summed E-state index contributed by atoms with van der Waals surface area (Å²) in [6.07, 6.45) is 4.60. The first kappa shape index (κ1) is 18.9. The fraction of sp³-hybridized carbons (Fsp3) is 0.474. The maximum Gasteiger partial charge on any atom is 0.269 e. The van der Waals surface area contributed by atoms with E-state index in [-0.39, 0.29) is 5.91 Å². The van der Waals surface area contributed by atoms with Crippen molar-refractivity contribution in [1.82, 2.24) is 24.7 Å². The highest BCUT2D eigenvalue weighted by Gasteiger charge is 2.17. The largest absolute Gasteiger partial charge is 0.351 e. The van der Waals surface area contributed by atoms with E-state index >= 15 is 0 Å². The van der Waals surface area contributed by atoms with E-state index in [9.17, 15) is 4.79 Å². The van der Waals surface area contributed by atoms with Gasteiger partial charge in [0.15, 0.2) is 5.16 Å². The van der Waals surface area contributed by atoms with E-state index in [1.165, 1.54) is 11.8 Å². The Morgan fingerprint density at radius 2 is 1.92 bits per heavy atom.